The molecule has 0 saturated heterocycles. The second-order valence-electron chi connectivity index (χ2n) is 7.27. The smallest absolute Gasteiger partial charge is 0.406 e. The van der Waals surface area contributed by atoms with Crippen LogP contribution in [-0.2, 0) is 10.0 Å². The van der Waals surface area contributed by atoms with Crippen molar-refractivity contribution in [3.8, 4) is 16.5 Å². The summed E-state index contributed by atoms with van der Waals surface area (Å²) in [6.07, 6.45) is -3.25. The maximum absolute atomic E-state index is 13.2. The summed E-state index contributed by atoms with van der Waals surface area (Å²) < 4.78 is 81.1. The van der Waals surface area contributed by atoms with Gasteiger partial charge in [0.05, 0.1) is 4.90 Å². The van der Waals surface area contributed by atoms with Gasteiger partial charge in [0.25, 0.3) is 0 Å². The van der Waals surface area contributed by atoms with Gasteiger partial charge in [0.15, 0.2) is 0 Å². The Hall–Kier alpha value is -3.82. The highest BCUT2D eigenvalue weighted by atomic mass is 32.2. The van der Waals surface area contributed by atoms with Crippen LogP contribution in [0.2, 0.25) is 0 Å². The van der Waals surface area contributed by atoms with E-state index < -0.39 is 22.1 Å². The minimum absolute atomic E-state index is 0.0747. The van der Waals surface area contributed by atoms with E-state index in [0.717, 1.165) is 24.3 Å². The highest BCUT2D eigenvalue weighted by molar-refractivity contribution is 7.89. The third-order valence-electron chi connectivity index (χ3n) is 4.56. The van der Waals surface area contributed by atoms with Crippen LogP contribution < -0.4 is 20.1 Å². The summed E-state index contributed by atoms with van der Waals surface area (Å²) >= 11 is 1.37. The number of ether oxygens (including phenoxy) is 1. The Bertz CT molecular complexity index is 1430. The van der Waals surface area contributed by atoms with Crippen molar-refractivity contribution in [3.05, 3.63) is 72.0 Å². The lowest BCUT2D eigenvalue weighted by atomic mass is 10.3. The van der Waals surface area contributed by atoms with Gasteiger partial charge in [-0.2, -0.15) is 4.98 Å². The molecule has 2 heterocycles. The molecule has 0 spiro atoms. The highest BCUT2D eigenvalue weighted by Gasteiger charge is 2.31. The van der Waals surface area contributed by atoms with Crippen LogP contribution in [0.1, 0.15) is 0 Å². The number of anilines is 3. The SMILES string of the molecule is O=S(=O)(NCCNc1nc(Nc2ccc(F)cc2)cc(-c2nccs2)n1)c1ccc(OC(F)(F)F)cc1. The number of alkyl halides is 3. The third kappa shape index (κ3) is 7.58. The first-order valence-electron chi connectivity index (χ1n) is 10.5. The second-order valence-corrected chi connectivity index (χ2v) is 9.94. The normalized spacial score (nSPS) is 11.8. The monoisotopic (exact) mass is 554 g/mol. The summed E-state index contributed by atoms with van der Waals surface area (Å²) in [7, 11) is -3.99. The lowest BCUT2D eigenvalue weighted by Gasteiger charge is -2.12. The third-order valence-corrected chi connectivity index (χ3v) is 6.83. The molecule has 0 aliphatic rings. The van der Waals surface area contributed by atoms with Gasteiger partial charge in [-0.15, -0.1) is 24.5 Å². The van der Waals surface area contributed by atoms with E-state index >= 15 is 0 Å². The molecule has 4 aromatic rings. The van der Waals surface area contributed by atoms with Crippen molar-refractivity contribution in [3.63, 3.8) is 0 Å². The number of benzene rings is 2. The molecule has 194 valence electrons. The van der Waals surface area contributed by atoms with Crippen molar-refractivity contribution in [2.45, 2.75) is 11.3 Å². The molecule has 15 heteroatoms. The van der Waals surface area contributed by atoms with Crippen LogP contribution in [0, 0.1) is 5.82 Å². The second kappa shape index (κ2) is 11.1. The molecule has 0 aliphatic carbocycles. The molecule has 3 N–H and O–H groups in total. The standard InChI is InChI=1S/C22H18F4N6O3S2/c23-14-1-3-15(4-2-14)30-19-13-18(20-27-11-12-36-20)31-21(32-19)28-9-10-29-37(33,34)17-7-5-16(6-8-17)35-22(24,25)26/h1-8,11-13,29H,9-10H2,(H2,28,30,31,32). The average Bonchev–Trinajstić information content (AvgIpc) is 3.38. The summed E-state index contributed by atoms with van der Waals surface area (Å²) in [5.41, 5.74) is 1.11. The zero-order valence-corrected chi connectivity index (χ0v) is 20.3. The molecule has 0 unspecified atom stereocenters. The number of halogens is 4. The van der Waals surface area contributed by atoms with E-state index in [-0.39, 0.29) is 29.8 Å². The Morgan fingerprint density at radius 2 is 1.70 bits per heavy atom. The van der Waals surface area contributed by atoms with Gasteiger partial charge >= 0.3 is 6.36 Å². The summed E-state index contributed by atoms with van der Waals surface area (Å²) in [5, 5.41) is 8.40. The molecule has 0 bridgehead atoms. The van der Waals surface area contributed by atoms with Crippen LogP contribution in [0.5, 0.6) is 5.75 Å². The van der Waals surface area contributed by atoms with Crippen molar-refractivity contribution in [1.82, 2.24) is 19.7 Å². The average molecular weight is 555 g/mol. The number of rotatable bonds is 10. The van der Waals surface area contributed by atoms with Gasteiger partial charge in [-0.1, -0.05) is 0 Å². The maximum atomic E-state index is 13.2. The van der Waals surface area contributed by atoms with Gasteiger partial charge in [-0.25, -0.2) is 27.5 Å². The fraction of sp³-hybridized carbons (Fsp3) is 0.136. The Morgan fingerprint density at radius 3 is 2.35 bits per heavy atom. The first kappa shape index (κ1) is 26.2. The van der Waals surface area contributed by atoms with Gasteiger partial charge in [0, 0.05) is 36.4 Å². The Balaban J connectivity index is 1.40. The maximum Gasteiger partial charge on any atom is 0.573 e. The number of nitrogens with zero attached hydrogens (tertiary/aromatic N) is 3. The van der Waals surface area contributed by atoms with Crippen LogP contribution >= 0.6 is 11.3 Å². The van der Waals surface area contributed by atoms with Crippen LogP contribution in [0.15, 0.2) is 71.1 Å². The number of nitrogens with one attached hydrogen (secondary N) is 3. The van der Waals surface area contributed by atoms with E-state index in [1.54, 1.807) is 29.8 Å². The molecule has 0 aliphatic heterocycles. The number of thiazole rings is 1. The molecule has 0 atom stereocenters. The molecule has 4 rings (SSSR count). The molecule has 0 radical (unpaired) electrons. The minimum atomic E-state index is -4.88. The van der Waals surface area contributed by atoms with E-state index in [1.165, 1.54) is 23.5 Å². The number of hydrogen-bond donors (Lipinski definition) is 3. The fourth-order valence-electron chi connectivity index (χ4n) is 2.99. The summed E-state index contributed by atoms with van der Waals surface area (Å²) in [5.74, 6) is -0.330. The first-order valence-corrected chi connectivity index (χ1v) is 12.8. The predicted octanol–water partition coefficient (Wildman–Crippen LogP) is 4.77. The lowest BCUT2D eigenvalue weighted by molar-refractivity contribution is -0.274. The lowest BCUT2D eigenvalue weighted by Crippen LogP contribution is -2.29. The molecule has 0 fully saturated rings. The molecule has 0 amide bonds. The molecule has 0 saturated carbocycles. The Morgan fingerprint density at radius 1 is 0.973 bits per heavy atom. The zero-order valence-electron chi connectivity index (χ0n) is 18.7. The van der Waals surface area contributed by atoms with Crippen molar-refractivity contribution >= 4 is 38.8 Å². The predicted molar refractivity (Wildman–Crippen MR) is 130 cm³/mol. The zero-order chi connectivity index (χ0) is 26.5. The van der Waals surface area contributed by atoms with Crippen molar-refractivity contribution in [1.29, 1.82) is 0 Å². The number of aromatic nitrogens is 3. The fourth-order valence-corrected chi connectivity index (χ4v) is 4.62. The Labute approximate surface area is 212 Å². The van der Waals surface area contributed by atoms with E-state index in [4.69, 9.17) is 0 Å². The minimum Gasteiger partial charge on any atom is -0.406 e. The molecule has 9 nitrogen and oxygen atoms in total. The Kier molecular flexibility index (Phi) is 7.85. The van der Waals surface area contributed by atoms with Crippen LogP contribution in [0.4, 0.5) is 35.0 Å². The van der Waals surface area contributed by atoms with Crippen LogP contribution in [0.25, 0.3) is 10.7 Å². The number of sulfonamides is 1. The molecule has 2 aromatic heterocycles. The molecular formula is C22H18F4N6O3S2. The van der Waals surface area contributed by atoms with E-state index in [2.05, 4.69) is 35.0 Å². The van der Waals surface area contributed by atoms with Gasteiger partial charge in [0.2, 0.25) is 16.0 Å². The summed E-state index contributed by atoms with van der Waals surface area (Å²) in [4.78, 5) is 12.8. The van der Waals surface area contributed by atoms with Crippen LogP contribution in [0.3, 0.4) is 0 Å². The van der Waals surface area contributed by atoms with Crippen LogP contribution in [-0.4, -0.2) is 42.8 Å². The highest BCUT2D eigenvalue weighted by Crippen LogP contribution is 2.26. The van der Waals surface area contributed by atoms with Crippen molar-refractivity contribution in [2.24, 2.45) is 0 Å². The largest absolute Gasteiger partial charge is 0.573 e. The van der Waals surface area contributed by atoms with Gasteiger partial charge < -0.3 is 15.4 Å². The quantitative estimate of drug-likeness (QED) is 0.190. The molecule has 37 heavy (non-hydrogen) atoms. The molecule has 2 aromatic carbocycles. The van der Waals surface area contributed by atoms with Crippen molar-refractivity contribution in [2.75, 3.05) is 23.7 Å². The first-order chi connectivity index (χ1) is 17.6. The van der Waals surface area contributed by atoms with Gasteiger partial charge in [0.1, 0.15) is 28.1 Å². The van der Waals surface area contributed by atoms with Gasteiger partial charge in [-0.3, -0.25) is 0 Å². The van der Waals surface area contributed by atoms with E-state index in [1.807, 2.05) is 0 Å². The van der Waals surface area contributed by atoms with E-state index in [0.29, 0.717) is 22.2 Å². The topological polar surface area (TPSA) is 118 Å². The number of hydrogen-bond acceptors (Lipinski definition) is 9. The van der Waals surface area contributed by atoms with Gasteiger partial charge in [-0.05, 0) is 48.5 Å². The summed E-state index contributed by atoms with van der Waals surface area (Å²) in [6, 6.07) is 11.2. The molecular weight excluding hydrogens is 536 g/mol. The van der Waals surface area contributed by atoms with Crippen molar-refractivity contribution < 1.29 is 30.7 Å². The van der Waals surface area contributed by atoms with E-state index in [9.17, 15) is 26.0 Å². The summed E-state index contributed by atoms with van der Waals surface area (Å²) in [6.45, 7) is 0.0144.